The third-order valence-corrected chi connectivity index (χ3v) is 6.03. The van der Waals surface area contributed by atoms with Gasteiger partial charge in [-0.15, -0.1) is 0 Å². The van der Waals surface area contributed by atoms with E-state index in [9.17, 15) is 14.3 Å². The van der Waals surface area contributed by atoms with Gasteiger partial charge >= 0.3 is 0 Å². The number of aryl methyl sites for hydroxylation is 1. The SMILES string of the molecule is C=CC(=O)Nc1ccc2c(c1)c(C)cn2-c1nc(Nc2cnn(CC3(O)CC3)c2C)ncc1F. The van der Waals surface area contributed by atoms with Crippen LogP contribution >= 0.6 is 0 Å². The van der Waals surface area contributed by atoms with Crippen molar-refractivity contribution in [1.29, 1.82) is 0 Å². The second-order valence-corrected chi connectivity index (χ2v) is 8.62. The number of halogens is 1. The number of aromatic nitrogens is 5. The lowest BCUT2D eigenvalue weighted by Gasteiger charge is -2.11. The second kappa shape index (κ2) is 8.07. The van der Waals surface area contributed by atoms with Gasteiger partial charge in [0, 0.05) is 17.3 Å². The molecule has 9 nitrogen and oxygen atoms in total. The molecule has 1 saturated carbocycles. The zero-order valence-corrected chi connectivity index (χ0v) is 18.8. The molecule has 1 aromatic carbocycles. The third-order valence-electron chi connectivity index (χ3n) is 6.03. The Hall–Kier alpha value is -4.05. The van der Waals surface area contributed by atoms with E-state index in [0.29, 0.717) is 17.9 Å². The van der Waals surface area contributed by atoms with Gasteiger partial charge in [-0.05, 0) is 56.5 Å². The number of fused-ring (bicyclic) bond motifs is 1. The van der Waals surface area contributed by atoms with E-state index in [1.54, 1.807) is 33.8 Å². The number of carbonyl (C=O) groups excluding carboxylic acids is 1. The van der Waals surface area contributed by atoms with Crippen molar-refractivity contribution < 1.29 is 14.3 Å². The normalized spacial score (nSPS) is 14.2. The lowest BCUT2D eigenvalue weighted by molar-refractivity contribution is -0.111. The minimum absolute atomic E-state index is 0.0933. The fourth-order valence-corrected chi connectivity index (χ4v) is 3.86. The molecule has 0 radical (unpaired) electrons. The molecule has 1 aliphatic rings. The Morgan fingerprint density at radius 2 is 2.12 bits per heavy atom. The molecule has 4 aromatic rings. The molecule has 0 unspecified atom stereocenters. The molecular weight excluding hydrogens is 437 g/mol. The molecule has 34 heavy (non-hydrogen) atoms. The Kier molecular flexibility index (Phi) is 5.17. The van der Waals surface area contributed by atoms with Crippen molar-refractivity contribution in [1.82, 2.24) is 24.3 Å². The lowest BCUT2D eigenvalue weighted by Crippen LogP contribution is -2.18. The van der Waals surface area contributed by atoms with Gasteiger partial charge in [0.1, 0.15) is 0 Å². The Bertz CT molecular complexity index is 1430. The summed E-state index contributed by atoms with van der Waals surface area (Å²) in [5.41, 5.74) is 3.08. The van der Waals surface area contributed by atoms with Crippen LogP contribution in [-0.2, 0) is 11.3 Å². The number of anilines is 3. The third kappa shape index (κ3) is 4.03. The standard InChI is InChI=1S/C24H24FN7O2/c1-4-21(33)28-16-5-6-20-17(9-16)14(2)12-31(20)22-18(25)10-26-23(30-22)29-19-11-27-32(15(19)3)13-24(34)7-8-24/h4-6,9-12,34H,1,7-8,13H2,2-3H3,(H,28,33)(H,26,29,30). The first-order chi connectivity index (χ1) is 16.3. The number of nitrogens with zero attached hydrogens (tertiary/aromatic N) is 5. The molecule has 10 heteroatoms. The van der Waals surface area contributed by atoms with Crippen molar-refractivity contribution in [3.05, 3.63) is 66.5 Å². The summed E-state index contributed by atoms with van der Waals surface area (Å²) < 4.78 is 18.2. The first-order valence-corrected chi connectivity index (χ1v) is 10.9. The van der Waals surface area contributed by atoms with Crippen LogP contribution in [0.3, 0.4) is 0 Å². The smallest absolute Gasteiger partial charge is 0.247 e. The molecule has 3 N–H and O–H groups in total. The van der Waals surface area contributed by atoms with E-state index in [1.807, 2.05) is 19.9 Å². The fourth-order valence-electron chi connectivity index (χ4n) is 3.86. The summed E-state index contributed by atoms with van der Waals surface area (Å²) in [5.74, 6) is -0.567. The average Bonchev–Trinajstić information content (AvgIpc) is 3.34. The van der Waals surface area contributed by atoms with E-state index in [1.165, 1.54) is 6.08 Å². The molecule has 0 spiro atoms. The summed E-state index contributed by atoms with van der Waals surface area (Å²) in [5, 5.41) is 21.2. The van der Waals surface area contributed by atoms with Gasteiger partial charge in [0.05, 0.1) is 41.4 Å². The van der Waals surface area contributed by atoms with Crippen molar-refractivity contribution >= 4 is 34.1 Å². The predicted octanol–water partition coefficient (Wildman–Crippen LogP) is 3.77. The van der Waals surface area contributed by atoms with Crippen LogP contribution in [0.4, 0.5) is 21.7 Å². The molecule has 174 valence electrons. The molecule has 0 atom stereocenters. The average molecular weight is 462 g/mol. The van der Waals surface area contributed by atoms with Crippen molar-refractivity contribution in [3.63, 3.8) is 0 Å². The van der Waals surface area contributed by atoms with E-state index in [0.717, 1.165) is 41.2 Å². The van der Waals surface area contributed by atoms with Gasteiger partial charge in [-0.25, -0.2) is 9.37 Å². The Labute approximate surface area is 195 Å². The topological polar surface area (TPSA) is 110 Å². The quantitative estimate of drug-likeness (QED) is 0.362. The Morgan fingerprint density at radius 3 is 2.85 bits per heavy atom. The zero-order valence-electron chi connectivity index (χ0n) is 18.8. The van der Waals surface area contributed by atoms with E-state index >= 15 is 0 Å². The zero-order chi connectivity index (χ0) is 24.0. The molecule has 0 saturated heterocycles. The number of aliphatic hydroxyl groups is 1. The molecule has 3 heterocycles. The number of hydrogen-bond donors (Lipinski definition) is 3. The molecular formula is C24H24FN7O2. The highest BCUT2D eigenvalue weighted by Crippen LogP contribution is 2.37. The minimum atomic E-state index is -0.671. The maximum absolute atomic E-state index is 14.8. The lowest BCUT2D eigenvalue weighted by atomic mass is 10.2. The van der Waals surface area contributed by atoms with Gasteiger partial charge in [0.2, 0.25) is 11.9 Å². The van der Waals surface area contributed by atoms with Crippen LogP contribution in [0.2, 0.25) is 0 Å². The monoisotopic (exact) mass is 461 g/mol. The van der Waals surface area contributed by atoms with E-state index < -0.39 is 11.4 Å². The summed E-state index contributed by atoms with van der Waals surface area (Å²) in [7, 11) is 0. The highest BCUT2D eigenvalue weighted by molar-refractivity contribution is 6.00. The minimum Gasteiger partial charge on any atom is -0.388 e. The number of benzene rings is 1. The molecule has 3 aromatic heterocycles. The van der Waals surface area contributed by atoms with Crippen LogP contribution < -0.4 is 10.6 Å². The van der Waals surface area contributed by atoms with Crippen molar-refractivity contribution in [3.8, 4) is 5.82 Å². The number of nitrogens with one attached hydrogen (secondary N) is 2. The van der Waals surface area contributed by atoms with Gasteiger partial charge < -0.3 is 15.7 Å². The highest BCUT2D eigenvalue weighted by Gasteiger charge is 2.41. The van der Waals surface area contributed by atoms with E-state index in [4.69, 9.17) is 0 Å². The van der Waals surface area contributed by atoms with Crippen LogP contribution in [0.15, 0.2) is 49.4 Å². The summed E-state index contributed by atoms with van der Waals surface area (Å²) in [4.78, 5) is 20.1. The van der Waals surface area contributed by atoms with Crippen LogP contribution in [0.25, 0.3) is 16.7 Å². The van der Waals surface area contributed by atoms with Gasteiger partial charge in [-0.3, -0.25) is 14.0 Å². The molecule has 1 fully saturated rings. The Morgan fingerprint density at radius 1 is 1.32 bits per heavy atom. The largest absolute Gasteiger partial charge is 0.388 e. The summed E-state index contributed by atoms with van der Waals surface area (Å²) in [6.45, 7) is 7.68. The van der Waals surface area contributed by atoms with Crippen LogP contribution in [0.1, 0.15) is 24.1 Å². The number of hydrogen-bond acceptors (Lipinski definition) is 6. The van der Waals surface area contributed by atoms with E-state index in [2.05, 4.69) is 32.3 Å². The van der Waals surface area contributed by atoms with Gasteiger partial charge in [-0.1, -0.05) is 6.58 Å². The van der Waals surface area contributed by atoms with Crippen LogP contribution in [-0.4, -0.2) is 40.9 Å². The number of rotatable bonds is 7. The van der Waals surface area contributed by atoms with Crippen LogP contribution in [0.5, 0.6) is 0 Å². The summed E-state index contributed by atoms with van der Waals surface area (Å²) in [6.07, 6.45) is 7.29. The molecule has 5 rings (SSSR count). The summed E-state index contributed by atoms with van der Waals surface area (Å²) in [6, 6.07) is 5.36. The van der Waals surface area contributed by atoms with Crippen molar-refractivity contribution in [2.45, 2.75) is 38.8 Å². The summed E-state index contributed by atoms with van der Waals surface area (Å²) >= 11 is 0. The van der Waals surface area contributed by atoms with Gasteiger partial charge in [-0.2, -0.15) is 10.1 Å². The second-order valence-electron chi connectivity index (χ2n) is 8.62. The predicted molar refractivity (Wildman–Crippen MR) is 127 cm³/mol. The first kappa shape index (κ1) is 21.8. The van der Waals surface area contributed by atoms with Gasteiger partial charge in [0.25, 0.3) is 0 Å². The van der Waals surface area contributed by atoms with E-state index in [-0.39, 0.29) is 17.7 Å². The Balaban J connectivity index is 1.46. The maximum Gasteiger partial charge on any atom is 0.247 e. The first-order valence-electron chi connectivity index (χ1n) is 10.9. The van der Waals surface area contributed by atoms with Crippen molar-refractivity contribution in [2.75, 3.05) is 10.6 Å². The van der Waals surface area contributed by atoms with Gasteiger partial charge in [0.15, 0.2) is 11.6 Å². The highest BCUT2D eigenvalue weighted by atomic mass is 19.1. The fraction of sp³-hybridized carbons (Fsp3) is 0.250. The molecule has 1 amide bonds. The number of carbonyl (C=O) groups is 1. The molecule has 0 aliphatic heterocycles. The maximum atomic E-state index is 14.8. The molecule has 1 aliphatic carbocycles. The number of amides is 1. The van der Waals surface area contributed by atoms with Crippen LogP contribution in [0, 0.1) is 19.7 Å². The molecule has 0 bridgehead atoms. The van der Waals surface area contributed by atoms with Crippen molar-refractivity contribution in [2.24, 2.45) is 0 Å².